The van der Waals surface area contributed by atoms with E-state index in [4.69, 9.17) is 0 Å². The molecule has 2 atom stereocenters. The number of aliphatic hydroxyl groups excluding tert-OH is 2. The summed E-state index contributed by atoms with van der Waals surface area (Å²) in [7, 11) is 0. The first-order valence-electron chi connectivity index (χ1n) is 8.87. The van der Waals surface area contributed by atoms with Crippen LogP contribution in [0.1, 0.15) is 32.4 Å². The van der Waals surface area contributed by atoms with E-state index >= 15 is 0 Å². The van der Waals surface area contributed by atoms with Gasteiger partial charge in [0.15, 0.2) is 0 Å². The molecular formula is C21H16N2O6. The van der Waals surface area contributed by atoms with Crippen molar-refractivity contribution in [1.82, 2.24) is 4.90 Å². The van der Waals surface area contributed by atoms with Crippen LogP contribution in [0.15, 0.2) is 60.7 Å². The highest BCUT2D eigenvalue weighted by Gasteiger charge is 2.40. The number of imide groups is 1. The van der Waals surface area contributed by atoms with Crippen LogP contribution < -0.4 is 0 Å². The van der Waals surface area contributed by atoms with E-state index < -0.39 is 35.5 Å². The van der Waals surface area contributed by atoms with E-state index in [0.717, 1.165) is 10.3 Å². The predicted octanol–water partition coefficient (Wildman–Crippen LogP) is 2.44. The van der Waals surface area contributed by atoms with E-state index in [1.807, 2.05) is 0 Å². The van der Waals surface area contributed by atoms with E-state index in [9.17, 15) is 29.9 Å². The maximum atomic E-state index is 13.1. The van der Waals surface area contributed by atoms with Gasteiger partial charge in [-0.3, -0.25) is 24.6 Å². The van der Waals surface area contributed by atoms with Crippen molar-refractivity contribution in [3.05, 3.63) is 87.5 Å². The summed E-state index contributed by atoms with van der Waals surface area (Å²) < 4.78 is 0. The highest BCUT2D eigenvalue weighted by atomic mass is 16.6. The van der Waals surface area contributed by atoms with E-state index in [2.05, 4.69) is 0 Å². The number of non-ortho nitro benzene ring substituents is 1. The number of nitro groups is 1. The van der Waals surface area contributed by atoms with Crippen molar-refractivity contribution in [3.8, 4) is 0 Å². The Balaban J connectivity index is 1.75. The van der Waals surface area contributed by atoms with Gasteiger partial charge in [0.1, 0.15) is 6.10 Å². The second kappa shape index (κ2) is 7.08. The van der Waals surface area contributed by atoms with Gasteiger partial charge in [0, 0.05) is 28.6 Å². The minimum atomic E-state index is -1.42. The standard InChI is InChI=1S/C21H16N2O6/c24-11-17(19(25)13-7-9-14(10-8-13)23(28)29)22-20(26)15-5-1-3-12-4-2-6-16(18(12)15)21(22)27/h1-10,17,19,24-25H,11H2/t17-,19+/m0/s1. The van der Waals surface area contributed by atoms with Crippen molar-refractivity contribution < 1.29 is 24.7 Å². The summed E-state index contributed by atoms with van der Waals surface area (Å²) in [5.41, 5.74) is 0.707. The van der Waals surface area contributed by atoms with E-state index in [1.165, 1.54) is 24.3 Å². The lowest BCUT2D eigenvalue weighted by molar-refractivity contribution is -0.384. The lowest BCUT2D eigenvalue weighted by atomic mass is 9.91. The monoisotopic (exact) mass is 392 g/mol. The molecule has 0 saturated carbocycles. The molecule has 4 rings (SSSR count). The third-order valence-corrected chi connectivity index (χ3v) is 5.13. The molecule has 146 valence electrons. The Morgan fingerprint density at radius 3 is 1.97 bits per heavy atom. The minimum absolute atomic E-state index is 0.160. The van der Waals surface area contributed by atoms with Crippen LogP contribution >= 0.6 is 0 Å². The number of carbonyl (C=O) groups excluding carboxylic acids is 2. The maximum absolute atomic E-state index is 13.1. The van der Waals surface area contributed by atoms with Crippen LogP contribution in [0.25, 0.3) is 10.8 Å². The largest absolute Gasteiger partial charge is 0.394 e. The molecule has 0 bridgehead atoms. The summed E-state index contributed by atoms with van der Waals surface area (Å²) in [5, 5.41) is 32.8. The zero-order valence-electron chi connectivity index (χ0n) is 15.1. The fraction of sp³-hybridized carbons (Fsp3) is 0.143. The average molecular weight is 392 g/mol. The van der Waals surface area contributed by atoms with Crippen molar-refractivity contribution in [2.45, 2.75) is 12.1 Å². The van der Waals surface area contributed by atoms with Gasteiger partial charge >= 0.3 is 0 Å². The molecule has 1 aliphatic rings. The first-order chi connectivity index (χ1) is 13.9. The lowest BCUT2D eigenvalue weighted by Gasteiger charge is -2.35. The smallest absolute Gasteiger partial charge is 0.269 e. The number of nitrogens with zero attached hydrogens (tertiary/aromatic N) is 2. The molecule has 3 aromatic rings. The summed E-state index contributed by atoms with van der Waals surface area (Å²) in [5.74, 6) is -1.22. The number of carbonyl (C=O) groups is 2. The molecule has 0 aliphatic carbocycles. The van der Waals surface area contributed by atoms with Gasteiger partial charge in [0.25, 0.3) is 17.5 Å². The van der Waals surface area contributed by atoms with E-state index in [1.54, 1.807) is 36.4 Å². The van der Waals surface area contributed by atoms with Gasteiger partial charge in [0.05, 0.1) is 17.6 Å². The fourth-order valence-corrected chi connectivity index (χ4v) is 3.69. The number of nitro benzene ring substituents is 1. The minimum Gasteiger partial charge on any atom is -0.394 e. The number of hydrogen-bond donors (Lipinski definition) is 2. The quantitative estimate of drug-likeness (QED) is 0.391. The molecule has 0 saturated heterocycles. The number of amides is 2. The van der Waals surface area contributed by atoms with Crippen LogP contribution in [0.3, 0.4) is 0 Å². The van der Waals surface area contributed by atoms with Crippen LogP contribution in [0.2, 0.25) is 0 Å². The molecule has 29 heavy (non-hydrogen) atoms. The second-order valence-corrected chi connectivity index (χ2v) is 6.73. The fourth-order valence-electron chi connectivity index (χ4n) is 3.69. The summed E-state index contributed by atoms with van der Waals surface area (Å²) >= 11 is 0. The van der Waals surface area contributed by atoms with Crippen LogP contribution in [-0.2, 0) is 0 Å². The van der Waals surface area contributed by atoms with Crippen LogP contribution in [0.4, 0.5) is 5.69 Å². The molecule has 0 fully saturated rings. The zero-order chi connectivity index (χ0) is 20.7. The predicted molar refractivity (Wildman–Crippen MR) is 103 cm³/mol. The molecule has 1 heterocycles. The summed E-state index contributed by atoms with van der Waals surface area (Å²) in [4.78, 5) is 37.3. The maximum Gasteiger partial charge on any atom is 0.269 e. The van der Waals surface area contributed by atoms with E-state index in [-0.39, 0.29) is 11.3 Å². The molecular weight excluding hydrogens is 376 g/mol. The Morgan fingerprint density at radius 2 is 1.48 bits per heavy atom. The van der Waals surface area contributed by atoms with E-state index in [0.29, 0.717) is 16.5 Å². The van der Waals surface area contributed by atoms with Crippen LogP contribution in [-0.4, -0.2) is 44.5 Å². The molecule has 2 amide bonds. The molecule has 0 spiro atoms. The number of aliphatic hydroxyl groups is 2. The summed E-state index contributed by atoms with van der Waals surface area (Å²) in [6.07, 6.45) is -1.42. The average Bonchev–Trinajstić information content (AvgIpc) is 2.74. The Kier molecular flexibility index (Phi) is 4.57. The molecule has 2 N–H and O–H groups in total. The van der Waals surface area contributed by atoms with Gasteiger partial charge in [-0.05, 0) is 35.2 Å². The molecule has 8 heteroatoms. The second-order valence-electron chi connectivity index (χ2n) is 6.73. The van der Waals surface area contributed by atoms with Gasteiger partial charge in [-0.2, -0.15) is 0 Å². The molecule has 3 aromatic carbocycles. The first-order valence-corrected chi connectivity index (χ1v) is 8.87. The highest BCUT2D eigenvalue weighted by molar-refractivity contribution is 6.25. The SMILES string of the molecule is O=C1c2cccc3cccc(c23)C(=O)N1[C@@H](CO)[C@H](O)c1ccc([N+](=O)[O-])cc1. The van der Waals surface area contributed by atoms with Crippen molar-refractivity contribution >= 4 is 28.3 Å². The lowest BCUT2D eigenvalue weighted by Crippen LogP contribution is -2.51. The van der Waals surface area contributed by atoms with Gasteiger partial charge in [-0.15, -0.1) is 0 Å². The normalized spacial score (nSPS) is 15.4. The Bertz CT molecular complexity index is 1090. The van der Waals surface area contributed by atoms with Gasteiger partial charge in [-0.1, -0.05) is 24.3 Å². The van der Waals surface area contributed by atoms with Crippen LogP contribution in [0, 0.1) is 10.1 Å². The highest BCUT2D eigenvalue weighted by Crippen LogP contribution is 2.33. The van der Waals surface area contributed by atoms with Crippen LogP contribution in [0.5, 0.6) is 0 Å². The Labute approximate surface area is 164 Å². The van der Waals surface area contributed by atoms with Crippen molar-refractivity contribution in [2.75, 3.05) is 6.61 Å². The molecule has 0 radical (unpaired) electrons. The van der Waals surface area contributed by atoms with Gasteiger partial charge in [-0.25, -0.2) is 0 Å². The topological polar surface area (TPSA) is 121 Å². The van der Waals surface area contributed by atoms with Crippen molar-refractivity contribution in [2.24, 2.45) is 0 Å². The molecule has 1 aliphatic heterocycles. The first kappa shape index (κ1) is 18.7. The number of benzene rings is 3. The van der Waals surface area contributed by atoms with Gasteiger partial charge in [0.2, 0.25) is 0 Å². The Morgan fingerprint density at radius 1 is 0.931 bits per heavy atom. The number of rotatable bonds is 5. The summed E-state index contributed by atoms with van der Waals surface area (Å²) in [6, 6.07) is 14.0. The molecule has 0 unspecified atom stereocenters. The molecule has 8 nitrogen and oxygen atoms in total. The van der Waals surface area contributed by atoms with Gasteiger partial charge < -0.3 is 10.2 Å². The third-order valence-electron chi connectivity index (χ3n) is 5.13. The van der Waals surface area contributed by atoms with Crippen molar-refractivity contribution in [1.29, 1.82) is 0 Å². The third kappa shape index (κ3) is 2.95. The zero-order valence-corrected chi connectivity index (χ0v) is 15.1. The van der Waals surface area contributed by atoms with Crippen molar-refractivity contribution in [3.63, 3.8) is 0 Å². The summed E-state index contributed by atoms with van der Waals surface area (Å²) in [6.45, 7) is -0.673. The Hall–Kier alpha value is -3.62. The molecule has 0 aromatic heterocycles. The number of hydrogen-bond acceptors (Lipinski definition) is 6.